The number of aromatic nitrogens is 4. The van der Waals surface area contributed by atoms with E-state index in [4.69, 9.17) is 0 Å². The molecule has 3 rings (SSSR count). The van der Waals surface area contributed by atoms with E-state index in [0.29, 0.717) is 6.54 Å². The summed E-state index contributed by atoms with van der Waals surface area (Å²) in [5.41, 5.74) is 3.31. The molecule has 26 heavy (non-hydrogen) atoms. The first-order valence-corrected chi connectivity index (χ1v) is 8.67. The van der Waals surface area contributed by atoms with Crippen LogP contribution in [0, 0.1) is 0 Å². The van der Waals surface area contributed by atoms with Gasteiger partial charge in [-0.3, -0.25) is 4.68 Å². The summed E-state index contributed by atoms with van der Waals surface area (Å²) in [5, 5.41) is 10.8. The van der Waals surface area contributed by atoms with Gasteiger partial charge in [0, 0.05) is 32.9 Å². The molecule has 3 aromatic rings. The van der Waals surface area contributed by atoms with Gasteiger partial charge in [0.2, 0.25) is 0 Å². The first-order valence-electron chi connectivity index (χ1n) is 8.67. The highest BCUT2D eigenvalue weighted by Crippen LogP contribution is 2.11. The summed E-state index contributed by atoms with van der Waals surface area (Å²) in [7, 11) is 1.93. The molecule has 2 aromatic heterocycles. The van der Waals surface area contributed by atoms with Crippen molar-refractivity contribution in [2.75, 3.05) is 13.1 Å². The number of hydrogen-bond acceptors (Lipinski definition) is 3. The summed E-state index contributed by atoms with van der Waals surface area (Å²) in [6.07, 6.45) is 4.70. The SMILES string of the molecule is CCNC(=NCc1ccnn1C)NCCCn1cnc2ccccc21.I. The molecule has 0 atom stereocenters. The molecule has 0 saturated heterocycles. The quantitative estimate of drug-likeness (QED) is 0.243. The predicted molar refractivity (Wildman–Crippen MR) is 116 cm³/mol. The average molecular weight is 467 g/mol. The Labute approximate surface area is 170 Å². The number of rotatable bonds is 7. The van der Waals surface area contributed by atoms with Crippen LogP contribution in [0.1, 0.15) is 19.0 Å². The van der Waals surface area contributed by atoms with Gasteiger partial charge < -0.3 is 15.2 Å². The van der Waals surface area contributed by atoms with E-state index in [1.807, 2.05) is 42.3 Å². The number of imidazole rings is 1. The van der Waals surface area contributed by atoms with Crippen LogP contribution in [0.3, 0.4) is 0 Å². The fourth-order valence-electron chi connectivity index (χ4n) is 2.70. The van der Waals surface area contributed by atoms with E-state index in [9.17, 15) is 0 Å². The molecule has 7 nitrogen and oxygen atoms in total. The third-order valence-corrected chi connectivity index (χ3v) is 4.06. The average Bonchev–Trinajstić information content (AvgIpc) is 3.22. The standard InChI is InChI=1S/C18H25N7.HI/c1-3-19-18(21-13-15-9-11-23-24(15)2)20-10-6-12-25-14-22-16-7-4-5-8-17(16)25;/h4-5,7-9,11,14H,3,6,10,12-13H2,1-2H3,(H2,19,20,21);1H. The van der Waals surface area contributed by atoms with Crippen molar-refractivity contribution in [2.45, 2.75) is 26.4 Å². The number of aliphatic imine (C=N–C) groups is 1. The van der Waals surface area contributed by atoms with Gasteiger partial charge in [0.05, 0.1) is 29.6 Å². The molecule has 1 aromatic carbocycles. The number of hydrogen-bond donors (Lipinski definition) is 2. The van der Waals surface area contributed by atoms with Gasteiger partial charge in [-0.15, -0.1) is 24.0 Å². The summed E-state index contributed by atoms with van der Waals surface area (Å²) in [6.45, 7) is 5.29. The van der Waals surface area contributed by atoms with Crippen LogP contribution in [-0.2, 0) is 20.1 Å². The monoisotopic (exact) mass is 467 g/mol. The second-order valence-corrected chi connectivity index (χ2v) is 5.85. The van der Waals surface area contributed by atoms with Gasteiger partial charge in [0.1, 0.15) is 0 Å². The number of aryl methyl sites for hydroxylation is 2. The molecular formula is C18H26IN7. The van der Waals surface area contributed by atoms with Gasteiger partial charge in [-0.25, -0.2) is 9.98 Å². The van der Waals surface area contributed by atoms with E-state index in [2.05, 4.69) is 43.3 Å². The summed E-state index contributed by atoms with van der Waals surface area (Å²) in [6, 6.07) is 10.2. The Morgan fingerprint density at radius 2 is 2.04 bits per heavy atom. The molecule has 0 unspecified atom stereocenters. The minimum atomic E-state index is 0. The van der Waals surface area contributed by atoms with Crippen molar-refractivity contribution < 1.29 is 0 Å². The molecule has 2 N–H and O–H groups in total. The first-order chi connectivity index (χ1) is 12.3. The number of benzene rings is 1. The Morgan fingerprint density at radius 3 is 2.81 bits per heavy atom. The van der Waals surface area contributed by atoms with E-state index < -0.39 is 0 Å². The van der Waals surface area contributed by atoms with E-state index in [-0.39, 0.29) is 24.0 Å². The normalized spacial score (nSPS) is 11.4. The lowest BCUT2D eigenvalue weighted by atomic mass is 10.3. The number of nitrogens with zero attached hydrogens (tertiary/aromatic N) is 5. The topological polar surface area (TPSA) is 72.1 Å². The van der Waals surface area contributed by atoms with Crippen molar-refractivity contribution in [3.63, 3.8) is 0 Å². The smallest absolute Gasteiger partial charge is 0.191 e. The van der Waals surface area contributed by atoms with Crippen LogP contribution in [0.25, 0.3) is 11.0 Å². The van der Waals surface area contributed by atoms with Crippen molar-refractivity contribution in [1.29, 1.82) is 0 Å². The Bertz CT molecular complexity index is 837. The van der Waals surface area contributed by atoms with Crippen LogP contribution in [0.5, 0.6) is 0 Å². The summed E-state index contributed by atoms with van der Waals surface area (Å²) in [4.78, 5) is 9.04. The Kier molecular flexibility index (Phi) is 7.89. The third kappa shape index (κ3) is 5.20. The molecular weight excluding hydrogens is 441 g/mol. The van der Waals surface area contributed by atoms with Crippen LogP contribution in [0.4, 0.5) is 0 Å². The number of nitrogens with one attached hydrogen (secondary N) is 2. The molecule has 0 saturated carbocycles. The Morgan fingerprint density at radius 1 is 1.19 bits per heavy atom. The van der Waals surface area contributed by atoms with Gasteiger partial charge in [-0.05, 0) is 31.5 Å². The summed E-state index contributed by atoms with van der Waals surface area (Å²) < 4.78 is 4.04. The molecule has 0 aliphatic carbocycles. The molecule has 0 amide bonds. The van der Waals surface area contributed by atoms with Crippen molar-refractivity contribution >= 4 is 41.0 Å². The number of para-hydroxylation sites is 2. The van der Waals surface area contributed by atoms with E-state index in [0.717, 1.165) is 43.2 Å². The van der Waals surface area contributed by atoms with E-state index in [1.54, 1.807) is 6.20 Å². The fourth-order valence-corrected chi connectivity index (χ4v) is 2.70. The van der Waals surface area contributed by atoms with Crippen LogP contribution >= 0.6 is 24.0 Å². The molecule has 0 radical (unpaired) electrons. The van der Waals surface area contributed by atoms with Crippen molar-refractivity contribution in [3.8, 4) is 0 Å². The first kappa shape index (κ1) is 20.2. The van der Waals surface area contributed by atoms with Gasteiger partial charge in [0.25, 0.3) is 0 Å². The Hall–Kier alpha value is -2.10. The molecule has 8 heteroatoms. The second-order valence-electron chi connectivity index (χ2n) is 5.85. The van der Waals surface area contributed by atoms with Crippen LogP contribution in [0.15, 0.2) is 47.8 Å². The van der Waals surface area contributed by atoms with Crippen molar-refractivity contribution in [2.24, 2.45) is 12.0 Å². The van der Waals surface area contributed by atoms with Crippen molar-refractivity contribution in [3.05, 3.63) is 48.5 Å². The molecule has 0 aliphatic rings. The van der Waals surface area contributed by atoms with Gasteiger partial charge >= 0.3 is 0 Å². The minimum Gasteiger partial charge on any atom is -0.357 e. The maximum atomic E-state index is 4.62. The third-order valence-electron chi connectivity index (χ3n) is 4.06. The largest absolute Gasteiger partial charge is 0.357 e. The highest BCUT2D eigenvalue weighted by atomic mass is 127. The molecule has 140 valence electrons. The van der Waals surface area contributed by atoms with Gasteiger partial charge in [-0.2, -0.15) is 5.10 Å². The second kappa shape index (κ2) is 10.1. The van der Waals surface area contributed by atoms with Crippen molar-refractivity contribution in [1.82, 2.24) is 30.0 Å². The summed E-state index contributed by atoms with van der Waals surface area (Å²) in [5.74, 6) is 0.833. The highest BCUT2D eigenvalue weighted by molar-refractivity contribution is 14.0. The zero-order valence-corrected chi connectivity index (χ0v) is 17.6. The molecule has 0 spiro atoms. The molecule has 0 bridgehead atoms. The highest BCUT2D eigenvalue weighted by Gasteiger charge is 2.02. The maximum Gasteiger partial charge on any atom is 0.191 e. The molecule has 0 aliphatic heterocycles. The van der Waals surface area contributed by atoms with Crippen LogP contribution in [0.2, 0.25) is 0 Å². The zero-order chi connectivity index (χ0) is 17.5. The lowest BCUT2D eigenvalue weighted by Gasteiger charge is -2.11. The molecule has 2 heterocycles. The number of guanidine groups is 1. The van der Waals surface area contributed by atoms with Crippen LogP contribution in [-0.4, -0.2) is 38.4 Å². The lowest BCUT2D eigenvalue weighted by molar-refractivity contribution is 0.636. The zero-order valence-electron chi connectivity index (χ0n) is 15.2. The van der Waals surface area contributed by atoms with Gasteiger partial charge in [0.15, 0.2) is 5.96 Å². The number of fused-ring (bicyclic) bond motifs is 1. The summed E-state index contributed by atoms with van der Waals surface area (Å²) >= 11 is 0. The van der Waals surface area contributed by atoms with Gasteiger partial charge in [-0.1, -0.05) is 12.1 Å². The fraction of sp³-hybridized carbons (Fsp3) is 0.389. The lowest BCUT2D eigenvalue weighted by Crippen LogP contribution is -2.38. The minimum absolute atomic E-state index is 0. The Balaban J connectivity index is 0.00000243. The van der Waals surface area contributed by atoms with E-state index >= 15 is 0 Å². The number of halogens is 1. The maximum absolute atomic E-state index is 4.62. The molecule has 0 fully saturated rings. The van der Waals surface area contributed by atoms with Crippen LogP contribution < -0.4 is 10.6 Å². The van der Waals surface area contributed by atoms with E-state index in [1.165, 1.54) is 5.52 Å². The predicted octanol–water partition coefficient (Wildman–Crippen LogP) is 2.53.